The molecule has 0 amide bonds. The van der Waals surface area contributed by atoms with Gasteiger partial charge in [-0.05, 0) is 46.9 Å². The summed E-state index contributed by atoms with van der Waals surface area (Å²) in [6.45, 7) is -0.553. The Morgan fingerprint density at radius 2 is 1.36 bits per heavy atom. The maximum atomic E-state index is 12.5. The van der Waals surface area contributed by atoms with Gasteiger partial charge in [0.25, 0.3) is 0 Å². The number of rotatable bonds is 3. The zero-order valence-corrected chi connectivity index (χ0v) is 13.0. The summed E-state index contributed by atoms with van der Waals surface area (Å²) in [6.07, 6.45) is 0. The second-order valence-corrected chi connectivity index (χ2v) is 5.12. The highest BCUT2D eigenvalue weighted by atomic mass is 79.9. The highest BCUT2D eigenvalue weighted by Gasteiger charge is 2.15. The zero-order valence-electron chi connectivity index (χ0n) is 11.4. The number of aliphatic hydroxyl groups excluding tert-OH is 2. The Bertz CT molecular complexity index is 626. The largest absolute Gasteiger partial charge is 0.488 e. The lowest BCUT2D eigenvalue weighted by molar-refractivity contribution is 0.280. The van der Waals surface area contributed by atoms with Gasteiger partial charge in [0.05, 0.1) is 13.2 Å². The summed E-state index contributed by atoms with van der Waals surface area (Å²) in [5, 5.41) is 34.8. The summed E-state index contributed by atoms with van der Waals surface area (Å²) >= 11 is 3.16. The van der Waals surface area contributed by atoms with E-state index in [-0.39, 0.29) is 23.5 Å². The second kappa shape index (κ2) is 8.97. The Morgan fingerprint density at radius 1 is 0.864 bits per heavy atom. The molecule has 0 heterocycles. The molecular weight excluding hydrogens is 361 g/mol. The van der Waals surface area contributed by atoms with Crippen molar-refractivity contribution in [3.8, 4) is 0 Å². The average Bonchev–Trinajstić information content (AvgIpc) is 2.49. The molecule has 0 radical (unpaired) electrons. The number of aliphatic hydroxyl groups is 2. The van der Waals surface area contributed by atoms with Crippen LogP contribution in [-0.2, 0) is 13.2 Å². The van der Waals surface area contributed by atoms with Crippen molar-refractivity contribution in [2.24, 2.45) is 0 Å². The summed E-state index contributed by atoms with van der Waals surface area (Å²) < 4.78 is 25.7. The molecule has 0 aliphatic heterocycles. The molecule has 0 aliphatic carbocycles. The fourth-order valence-corrected chi connectivity index (χ4v) is 2.00. The first-order valence-corrected chi connectivity index (χ1v) is 6.98. The molecule has 2 aromatic carbocycles. The Balaban J connectivity index is 0.000000224. The van der Waals surface area contributed by atoms with Crippen molar-refractivity contribution >= 4 is 28.5 Å². The van der Waals surface area contributed by atoms with Crippen molar-refractivity contribution in [1.82, 2.24) is 0 Å². The summed E-state index contributed by atoms with van der Waals surface area (Å²) in [6, 6.07) is 7.60. The van der Waals surface area contributed by atoms with E-state index in [1.807, 2.05) is 0 Å². The topological polar surface area (TPSA) is 80.9 Å². The quantitative estimate of drug-likeness (QED) is 0.606. The molecule has 2 aromatic rings. The Kier molecular flexibility index (Phi) is 7.64. The minimum Gasteiger partial charge on any atom is -0.423 e. The van der Waals surface area contributed by atoms with Crippen LogP contribution >= 0.6 is 15.9 Å². The Morgan fingerprint density at radius 3 is 1.82 bits per heavy atom. The van der Waals surface area contributed by atoms with Crippen molar-refractivity contribution in [2.75, 3.05) is 0 Å². The first-order chi connectivity index (χ1) is 10.4. The van der Waals surface area contributed by atoms with Crippen LogP contribution in [0.2, 0.25) is 0 Å². The molecule has 0 spiro atoms. The van der Waals surface area contributed by atoms with Crippen LogP contribution in [0.5, 0.6) is 0 Å². The van der Waals surface area contributed by atoms with E-state index >= 15 is 0 Å². The van der Waals surface area contributed by atoms with Crippen LogP contribution in [-0.4, -0.2) is 27.4 Å². The SMILES string of the molecule is OCc1cc(F)ccc1B(O)O.OCc1cc(F)ccc1Br. The summed E-state index contributed by atoms with van der Waals surface area (Å²) in [5.74, 6) is -0.837. The predicted octanol–water partition coefficient (Wildman–Crippen LogP) is 1.08. The minimum absolute atomic E-state index is 0.124. The van der Waals surface area contributed by atoms with Gasteiger partial charge in [0.2, 0.25) is 0 Å². The van der Waals surface area contributed by atoms with E-state index < -0.39 is 19.5 Å². The normalized spacial score (nSPS) is 9.95. The van der Waals surface area contributed by atoms with Gasteiger partial charge in [0, 0.05) is 4.47 Å². The molecule has 0 aliphatic rings. The van der Waals surface area contributed by atoms with Crippen molar-refractivity contribution in [1.29, 1.82) is 0 Å². The van der Waals surface area contributed by atoms with Crippen molar-refractivity contribution in [3.05, 3.63) is 63.6 Å². The highest BCUT2D eigenvalue weighted by Crippen LogP contribution is 2.17. The smallest absolute Gasteiger partial charge is 0.423 e. The van der Waals surface area contributed by atoms with Crippen molar-refractivity contribution in [2.45, 2.75) is 13.2 Å². The van der Waals surface area contributed by atoms with Gasteiger partial charge in [-0.3, -0.25) is 0 Å². The lowest BCUT2D eigenvalue weighted by Crippen LogP contribution is -2.33. The molecule has 0 bridgehead atoms. The van der Waals surface area contributed by atoms with Crippen LogP contribution in [0, 0.1) is 11.6 Å². The molecule has 0 saturated heterocycles. The lowest BCUT2D eigenvalue weighted by atomic mass is 9.77. The first kappa shape index (κ1) is 18.7. The van der Waals surface area contributed by atoms with Gasteiger partial charge >= 0.3 is 7.12 Å². The van der Waals surface area contributed by atoms with Crippen LogP contribution in [0.15, 0.2) is 40.9 Å². The predicted molar refractivity (Wildman–Crippen MR) is 82.2 cm³/mol. The van der Waals surface area contributed by atoms with Gasteiger partial charge in [-0.25, -0.2) is 8.78 Å². The molecule has 22 heavy (non-hydrogen) atoms. The van der Waals surface area contributed by atoms with Crippen molar-refractivity contribution in [3.63, 3.8) is 0 Å². The molecule has 118 valence electrons. The summed E-state index contributed by atoms with van der Waals surface area (Å²) in [7, 11) is -1.67. The zero-order chi connectivity index (χ0) is 16.7. The van der Waals surface area contributed by atoms with Crippen LogP contribution in [0.25, 0.3) is 0 Å². The fourth-order valence-electron chi connectivity index (χ4n) is 1.63. The number of benzene rings is 2. The molecule has 0 fully saturated rings. The van der Waals surface area contributed by atoms with E-state index in [1.165, 1.54) is 18.2 Å². The Labute approximate surface area is 134 Å². The molecular formula is C14H14BBrF2O4. The average molecular weight is 375 g/mol. The third-order valence-corrected chi connectivity index (χ3v) is 3.51. The van der Waals surface area contributed by atoms with E-state index in [0.717, 1.165) is 16.6 Å². The Hall–Kier alpha value is -1.32. The molecule has 0 unspecified atom stereocenters. The number of hydrogen-bond donors (Lipinski definition) is 4. The van der Waals surface area contributed by atoms with Crippen LogP contribution in [0.3, 0.4) is 0 Å². The van der Waals surface area contributed by atoms with Crippen LogP contribution in [0.1, 0.15) is 11.1 Å². The van der Waals surface area contributed by atoms with E-state index in [1.54, 1.807) is 6.07 Å². The van der Waals surface area contributed by atoms with Crippen LogP contribution in [0.4, 0.5) is 8.78 Å². The van der Waals surface area contributed by atoms with E-state index in [0.29, 0.717) is 5.56 Å². The van der Waals surface area contributed by atoms with Gasteiger partial charge in [0.15, 0.2) is 0 Å². The molecule has 0 saturated carbocycles. The van der Waals surface area contributed by atoms with Gasteiger partial charge in [-0.15, -0.1) is 0 Å². The maximum Gasteiger partial charge on any atom is 0.488 e. The minimum atomic E-state index is -1.67. The third-order valence-electron chi connectivity index (χ3n) is 2.73. The monoisotopic (exact) mass is 374 g/mol. The van der Waals surface area contributed by atoms with Gasteiger partial charge in [0.1, 0.15) is 11.6 Å². The van der Waals surface area contributed by atoms with Crippen molar-refractivity contribution < 1.29 is 29.0 Å². The molecule has 4 nitrogen and oxygen atoms in total. The second-order valence-electron chi connectivity index (χ2n) is 4.27. The molecule has 0 aromatic heterocycles. The molecule has 2 rings (SSSR count). The fraction of sp³-hybridized carbons (Fsp3) is 0.143. The van der Waals surface area contributed by atoms with Gasteiger partial charge in [-0.2, -0.15) is 0 Å². The first-order valence-electron chi connectivity index (χ1n) is 6.19. The van der Waals surface area contributed by atoms with E-state index in [2.05, 4.69) is 15.9 Å². The highest BCUT2D eigenvalue weighted by molar-refractivity contribution is 9.10. The van der Waals surface area contributed by atoms with E-state index in [9.17, 15) is 8.78 Å². The summed E-state index contributed by atoms with van der Waals surface area (Å²) in [5.41, 5.74) is 0.879. The maximum absolute atomic E-state index is 12.5. The third kappa shape index (κ3) is 5.47. The standard InChI is InChI=1S/C7H8BFO3.C7H6BrFO/c9-6-1-2-7(8(11)12)5(3-6)4-10;8-7-2-1-6(9)3-5(7)4-10/h1-3,10-12H,4H2;1-3,10H,4H2. The van der Waals surface area contributed by atoms with Gasteiger partial charge in [-0.1, -0.05) is 22.0 Å². The number of halogens is 3. The number of hydrogen-bond acceptors (Lipinski definition) is 4. The molecule has 4 N–H and O–H groups in total. The van der Waals surface area contributed by atoms with Crippen LogP contribution < -0.4 is 5.46 Å². The van der Waals surface area contributed by atoms with E-state index in [4.69, 9.17) is 20.3 Å². The molecule has 8 heteroatoms. The summed E-state index contributed by atoms with van der Waals surface area (Å²) in [4.78, 5) is 0. The molecule has 0 atom stereocenters. The lowest BCUT2D eigenvalue weighted by Gasteiger charge is -2.05. The van der Waals surface area contributed by atoms with Gasteiger partial charge < -0.3 is 20.3 Å².